The third-order valence-electron chi connectivity index (χ3n) is 3.24. The molecule has 0 bridgehead atoms. The van der Waals surface area contributed by atoms with Crippen LogP contribution in [0.3, 0.4) is 0 Å². The average molecular weight is 186 g/mol. The maximum absolute atomic E-state index is 9.88. The lowest BCUT2D eigenvalue weighted by atomic mass is 9.89. The highest BCUT2D eigenvalue weighted by atomic mass is 16.5. The van der Waals surface area contributed by atoms with E-state index in [1.165, 1.54) is 12.8 Å². The Morgan fingerprint density at radius 2 is 1.54 bits per heavy atom. The summed E-state index contributed by atoms with van der Waals surface area (Å²) >= 11 is 0. The van der Waals surface area contributed by atoms with Gasteiger partial charge in [-0.05, 0) is 40.5 Å². The molecule has 0 heterocycles. The second-order valence-corrected chi connectivity index (χ2v) is 5.09. The van der Waals surface area contributed by atoms with E-state index in [1.807, 2.05) is 27.7 Å². The molecule has 0 spiro atoms. The SMILES string of the molecule is CC(C)(O)C(C)(C)OC1CCCC1. The van der Waals surface area contributed by atoms with E-state index >= 15 is 0 Å². The largest absolute Gasteiger partial charge is 0.387 e. The summed E-state index contributed by atoms with van der Waals surface area (Å²) in [6.07, 6.45) is 5.21. The first-order valence-corrected chi connectivity index (χ1v) is 5.23. The molecule has 2 heteroatoms. The molecule has 1 aliphatic rings. The van der Waals surface area contributed by atoms with Crippen LogP contribution >= 0.6 is 0 Å². The summed E-state index contributed by atoms with van der Waals surface area (Å²) in [7, 11) is 0. The van der Waals surface area contributed by atoms with E-state index in [0.29, 0.717) is 6.10 Å². The van der Waals surface area contributed by atoms with Gasteiger partial charge in [-0.3, -0.25) is 0 Å². The van der Waals surface area contributed by atoms with Crippen molar-refractivity contribution in [3.8, 4) is 0 Å². The van der Waals surface area contributed by atoms with Crippen LogP contribution in [-0.4, -0.2) is 22.4 Å². The van der Waals surface area contributed by atoms with Crippen molar-refractivity contribution in [2.45, 2.75) is 70.7 Å². The highest BCUT2D eigenvalue weighted by molar-refractivity contribution is 4.89. The topological polar surface area (TPSA) is 29.5 Å². The molecule has 0 aromatic carbocycles. The van der Waals surface area contributed by atoms with Gasteiger partial charge in [0.15, 0.2) is 0 Å². The quantitative estimate of drug-likeness (QED) is 0.733. The van der Waals surface area contributed by atoms with Crippen LogP contribution in [0.25, 0.3) is 0 Å². The molecule has 13 heavy (non-hydrogen) atoms. The molecule has 0 radical (unpaired) electrons. The molecule has 1 fully saturated rings. The van der Waals surface area contributed by atoms with E-state index in [1.54, 1.807) is 0 Å². The molecule has 2 nitrogen and oxygen atoms in total. The van der Waals surface area contributed by atoms with Crippen molar-refractivity contribution >= 4 is 0 Å². The highest BCUT2D eigenvalue weighted by Gasteiger charge is 2.38. The van der Waals surface area contributed by atoms with Crippen LogP contribution in [0.2, 0.25) is 0 Å². The summed E-state index contributed by atoms with van der Waals surface area (Å²) in [5.74, 6) is 0. The van der Waals surface area contributed by atoms with Crippen LogP contribution in [0, 0.1) is 0 Å². The summed E-state index contributed by atoms with van der Waals surface area (Å²) in [4.78, 5) is 0. The van der Waals surface area contributed by atoms with E-state index in [4.69, 9.17) is 4.74 Å². The minimum atomic E-state index is -0.768. The van der Waals surface area contributed by atoms with Gasteiger partial charge in [0.2, 0.25) is 0 Å². The fourth-order valence-electron chi connectivity index (χ4n) is 1.57. The predicted molar refractivity (Wildman–Crippen MR) is 53.7 cm³/mol. The lowest BCUT2D eigenvalue weighted by molar-refractivity contribution is -0.172. The summed E-state index contributed by atoms with van der Waals surface area (Å²) in [5.41, 5.74) is -1.21. The summed E-state index contributed by atoms with van der Waals surface area (Å²) in [6, 6.07) is 0. The zero-order valence-electron chi connectivity index (χ0n) is 9.26. The molecule has 0 unspecified atom stereocenters. The van der Waals surface area contributed by atoms with Crippen molar-refractivity contribution < 1.29 is 9.84 Å². The number of rotatable bonds is 3. The van der Waals surface area contributed by atoms with Crippen LogP contribution in [0.4, 0.5) is 0 Å². The van der Waals surface area contributed by atoms with Crippen LogP contribution < -0.4 is 0 Å². The molecule has 1 saturated carbocycles. The molecule has 78 valence electrons. The first kappa shape index (κ1) is 11.0. The van der Waals surface area contributed by atoms with Gasteiger partial charge < -0.3 is 9.84 Å². The summed E-state index contributed by atoms with van der Waals surface area (Å²) < 4.78 is 5.91. The van der Waals surface area contributed by atoms with E-state index in [2.05, 4.69) is 0 Å². The van der Waals surface area contributed by atoms with E-state index in [9.17, 15) is 5.11 Å². The fraction of sp³-hybridized carbons (Fsp3) is 1.00. The lowest BCUT2D eigenvalue weighted by Crippen LogP contribution is -2.48. The third-order valence-corrected chi connectivity index (χ3v) is 3.24. The van der Waals surface area contributed by atoms with E-state index in [0.717, 1.165) is 12.8 Å². The van der Waals surface area contributed by atoms with Crippen LogP contribution in [-0.2, 0) is 4.74 Å². The van der Waals surface area contributed by atoms with Gasteiger partial charge in [-0.1, -0.05) is 12.8 Å². The molecule has 1 aliphatic carbocycles. The van der Waals surface area contributed by atoms with Crippen molar-refractivity contribution in [3.05, 3.63) is 0 Å². The lowest BCUT2D eigenvalue weighted by Gasteiger charge is -2.39. The molecule has 0 atom stereocenters. The minimum absolute atomic E-state index is 0.362. The van der Waals surface area contributed by atoms with Crippen molar-refractivity contribution in [1.82, 2.24) is 0 Å². The normalized spacial score (nSPS) is 21.0. The Bertz CT molecular complexity index is 161. The Morgan fingerprint density at radius 3 is 1.92 bits per heavy atom. The van der Waals surface area contributed by atoms with Gasteiger partial charge in [-0.15, -0.1) is 0 Å². The van der Waals surface area contributed by atoms with Crippen molar-refractivity contribution in [2.24, 2.45) is 0 Å². The Balaban J connectivity index is 2.50. The Morgan fingerprint density at radius 1 is 1.08 bits per heavy atom. The molecule has 0 aliphatic heterocycles. The third kappa shape index (κ3) is 2.68. The first-order chi connectivity index (χ1) is 5.83. The fourth-order valence-corrected chi connectivity index (χ4v) is 1.57. The molecule has 0 aromatic rings. The van der Waals surface area contributed by atoms with Crippen molar-refractivity contribution in [2.75, 3.05) is 0 Å². The highest BCUT2D eigenvalue weighted by Crippen LogP contribution is 2.31. The number of hydrogen-bond acceptors (Lipinski definition) is 2. The summed E-state index contributed by atoms with van der Waals surface area (Å²) in [5, 5.41) is 9.88. The van der Waals surface area contributed by atoms with Gasteiger partial charge in [0.1, 0.15) is 0 Å². The van der Waals surface area contributed by atoms with Gasteiger partial charge in [0.25, 0.3) is 0 Å². The van der Waals surface area contributed by atoms with Crippen LogP contribution in [0.15, 0.2) is 0 Å². The maximum Gasteiger partial charge on any atom is 0.0910 e. The Hall–Kier alpha value is -0.0800. The molecule has 0 aromatic heterocycles. The van der Waals surface area contributed by atoms with Gasteiger partial charge in [0.05, 0.1) is 17.3 Å². The molecular weight excluding hydrogens is 164 g/mol. The van der Waals surface area contributed by atoms with Crippen molar-refractivity contribution in [3.63, 3.8) is 0 Å². The first-order valence-electron chi connectivity index (χ1n) is 5.23. The minimum Gasteiger partial charge on any atom is -0.387 e. The second kappa shape index (κ2) is 3.58. The zero-order valence-corrected chi connectivity index (χ0v) is 9.26. The molecule has 1 rings (SSSR count). The Kier molecular flexibility index (Phi) is 3.03. The second-order valence-electron chi connectivity index (χ2n) is 5.09. The Labute approximate surface area is 81.3 Å². The number of hydrogen-bond donors (Lipinski definition) is 1. The molecule has 0 amide bonds. The number of aliphatic hydroxyl groups is 1. The van der Waals surface area contributed by atoms with Crippen molar-refractivity contribution in [1.29, 1.82) is 0 Å². The van der Waals surface area contributed by atoms with Gasteiger partial charge >= 0.3 is 0 Å². The molecule has 0 saturated heterocycles. The standard InChI is InChI=1S/C11H22O2/c1-10(2,12)11(3,4)13-9-7-5-6-8-9/h9,12H,5-8H2,1-4H3. The molecule has 1 N–H and O–H groups in total. The zero-order chi connectivity index (χ0) is 10.1. The monoisotopic (exact) mass is 186 g/mol. The van der Waals surface area contributed by atoms with Gasteiger partial charge in [-0.2, -0.15) is 0 Å². The van der Waals surface area contributed by atoms with E-state index < -0.39 is 11.2 Å². The molecular formula is C11H22O2. The number of ether oxygens (including phenoxy) is 1. The smallest absolute Gasteiger partial charge is 0.0910 e. The van der Waals surface area contributed by atoms with Crippen LogP contribution in [0.1, 0.15) is 53.4 Å². The van der Waals surface area contributed by atoms with Gasteiger partial charge in [-0.25, -0.2) is 0 Å². The predicted octanol–water partition coefficient (Wildman–Crippen LogP) is 2.50. The summed E-state index contributed by atoms with van der Waals surface area (Å²) in [6.45, 7) is 7.54. The van der Waals surface area contributed by atoms with Gasteiger partial charge in [0, 0.05) is 0 Å². The van der Waals surface area contributed by atoms with Crippen LogP contribution in [0.5, 0.6) is 0 Å². The van der Waals surface area contributed by atoms with E-state index in [-0.39, 0.29) is 0 Å². The maximum atomic E-state index is 9.88. The average Bonchev–Trinajstić information content (AvgIpc) is 2.35.